The first kappa shape index (κ1) is 13.1. The minimum atomic E-state index is -0.258. The molecule has 0 aliphatic heterocycles. The summed E-state index contributed by atoms with van der Waals surface area (Å²) in [6, 6.07) is 5.02. The molecule has 2 aromatic rings. The van der Waals surface area contributed by atoms with Crippen molar-refractivity contribution in [1.29, 1.82) is 0 Å². The van der Waals surface area contributed by atoms with Crippen LogP contribution in [0.15, 0.2) is 40.0 Å². The maximum absolute atomic E-state index is 11.7. The first-order chi connectivity index (χ1) is 9.18. The molecule has 0 aliphatic carbocycles. The van der Waals surface area contributed by atoms with Crippen LogP contribution in [-0.4, -0.2) is 22.0 Å². The summed E-state index contributed by atoms with van der Waals surface area (Å²) in [5.41, 5.74) is 0.262. The number of aryl methyl sites for hydroxylation is 2. The normalized spacial score (nSPS) is 10.4. The van der Waals surface area contributed by atoms with Crippen LogP contribution in [0.25, 0.3) is 0 Å². The average Bonchev–Trinajstić information content (AvgIpc) is 2.82. The van der Waals surface area contributed by atoms with Crippen LogP contribution in [-0.2, 0) is 6.54 Å². The Balaban J connectivity index is 1.79. The molecule has 0 unspecified atom stereocenters. The fourth-order valence-electron chi connectivity index (χ4n) is 1.70. The predicted octanol–water partition coefficient (Wildman–Crippen LogP) is 0.965. The molecule has 0 saturated carbocycles. The molecule has 2 rings (SSSR count). The summed E-state index contributed by atoms with van der Waals surface area (Å²) in [7, 11) is 0. The predicted molar refractivity (Wildman–Crippen MR) is 68.9 cm³/mol. The third-order valence-electron chi connectivity index (χ3n) is 2.72. The molecular formula is C13H15N3O3. The van der Waals surface area contributed by atoms with E-state index in [-0.39, 0.29) is 11.5 Å². The molecule has 1 N–H and O–H groups in total. The topological polar surface area (TPSA) is 77.1 Å². The van der Waals surface area contributed by atoms with Gasteiger partial charge in [0.05, 0.1) is 0 Å². The number of aromatic nitrogens is 2. The van der Waals surface area contributed by atoms with Gasteiger partial charge in [-0.15, -0.1) is 0 Å². The molecule has 0 fully saturated rings. The molecule has 6 heteroatoms. The van der Waals surface area contributed by atoms with Crippen LogP contribution in [0.1, 0.15) is 22.7 Å². The van der Waals surface area contributed by atoms with E-state index in [0.29, 0.717) is 31.0 Å². The Morgan fingerprint density at radius 3 is 3.00 bits per heavy atom. The molecular weight excluding hydrogens is 246 g/mol. The lowest BCUT2D eigenvalue weighted by atomic mass is 10.3. The highest BCUT2D eigenvalue weighted by Gasteiger charge is 2.12. The summed E-state index contributed by atoms with van der Waals surface area (Å²) in [4.78, 5) is 27.0. The van der Waals surface area contributed by atoms with Crippen molar-refractivity contribution in [2.75, 3.05) is 6.54 Å². The highest BCUT2D eigenvalue weighted by Crippen LogP contribution is 2.03. The number of amides is 1. The third-order valence-corrected chi connectivity index (χ3v) is 2.72. The maximum Gasteiger partial charge on any atom is 0.273 e. The summed E-state index contributed by atoms with van der Waals surface area (Å²) in [6.07, 6.45) is 3.65. The third kappa shape index (κ3) is 3.31. The molecule has 0 atom stereocenters. The standard InChI is InChI=1S/C13H15N3O3/c1-10-12(15-9-19-10)13(18)14-6-4-8-16-7-3-2-5-11(16)17/h2-3,5,7,9H,4,6,8H2,1H3,(H,14,18). The van der Waals surface area contributed by atoms with Gasteiger partial charge in [0, 0.05) is 25.4 Å². The maximum atomic E-state index is 11.7. The minimum absolute atomic E-state index is 0.0406. The molecule has 0 aromatic carbocycles. The summed E-state index contributed by atoms with van der Waals surface area (Å²) < 4.78 is 6.56. The van der Waals surface area contributed by atoms with Gasteiger partial charge < -0.3 is 14.3 Å². The molecule has 0 bridgehead atoms. The molecule has 6 nitrogen and oxygen atoms in total. The number of carbonyl (C=O) groups is 1. The zero-order valence-electron chi connectivity index (χ0n) is 10.6. The van der Waals surface area contributed by atoms with Crippen LogP contribution in [0.3, 0.4) is 0 Å². The van der Waals surface area contributed by atoms with Gasteiger partial charge in [0.2, 0.25) is 5.56 Å². The van der Waals surface area contributed by atoms with Crippen LogP contribution in [0.4, 0.5) is 0 Å². The van der Waals surface area contributed by atoms with E-state index in [1.54, 1.807) is 29.8 Å². The molecule has 0 spiro atoms. The van der Waals surface area contributed by atoms with Crippen molar-refractivity contribution in [2.24, 2.45) is 0 Å². The number of hydrogen-bond acceptors (Lipinski definition) is 4. The second-order valence-electron chi connectivity index (χ2n) is 4.10. The lowest BCUT2D eigenvalue weighted by Gasteiger charge is -2.06. The van der Waals surface area contributed by atoms with Crippen LogP contribution >= 0.6 is 0 Å². The van der Waals surface area contributed by atoms with E-state index in [1.165, 1.54) is 12.5 Å². The van der Waals surface area contributed by atoms with E-state index in [2.05, 4.69) is 10.3 Å². The molecule has 2 heterocycles. The molecule has 0 aliphatic rings. The highest BCUT2D eigenvalue weighted by molar-refractivity contribution is 5.92. The zero-order valence-corrected chi connectivity index (χ0v) is 10.6. The van der Waals surface area contributed by atoms with E-state index in [0.717, 1.165) is 0 Å². The van der Waals surface area contributed by atoms with Gasteiger partial charge >= 0.3 is 0 Å². The van der Waals surface area contributed by atoms with Gasteiger partial charge in [0.1, 0.15) is 5.76 Å². The van der Waals surface area contributed by atoms with Gasteiger partial charge in [-0.3, -0.25) is 9.59 Å². The molecule has 1 amide bonds. The van der Waals surface area contributed by atoms with Gasteiger partial charge in [0.25, 0.3) is 5.91 Å². The van der Waals surface area contributed by atoms with E-state index < -0.39 is 0 Å². The largest absolute Gasteiger partial charge is 0.448 e. The minimum Gasteiger partial charge on any atom is -0.448 e. The van der Waals surface area contributed by atoms with Crippen LogP contribution in [0.2, 0.25) is 0 Å². The fourth-order valence-corrected chi connectivity index (χ4v) is 1.70. The summed E-state index contributed by atoms with van der Waals surface area (Å²) in [5, 5.41) is 2.74. The number of carbonyl (C=O) groups excluding carboxylic acids is 1. The Morgan fingerprint density at radius 1 is 1.47 bits per heavy atom. The van der Waals surface area contributed by atoms with Crippen molar-refractivity contribution in [3.8, 4) is 0 Å². The van der Waals surface area contributed by atoms with Gasteiger partial charge in [-0.2, -0.15) is 0 Å². The Hall–Kier alpha value is -2.37. The Morgan fingerprint density at radius 2 is 2.32 bits per heavy atom. The van der Waals surface area contributed by atoms with Crippen molar-refractivity contribution in [1.82, 2.24) is 14.9 Å². The number of nitrogens with zero attached hydrogens (tertiary/aromatic N) is 2. The van der Waals surface area contributed by atoms with Gasteiger partial charge in [0.15, 0.2) is 12.1 Å². The van der Waals surface area contributed by atoms with Crippen molar-refractivity contribution in [3.05, 3.63) is 52.6 Å². The molecule has 0 saturated heterocycles. The van der Waals surface area contributed by atoms with Crippen LogP contribution in [0, 0.1) is 6.92 Å². The van der Waals surface area contributed by atoms with Crippen LogP contribution < -0.4 is 10.9 Å². The quantitative estimate of drug-likeness (QED) is 0.813. The summed E-state index contributed by atoms with van der Waals surface area (Å²) in [6.45, 7) is 2.73. The SMILES string of the molecule is Cc1ocnc1C(=O)NCCCn1ccccc1=O. The van der Waals surface area contributed by atoms with E-state index in [4.69, 9.17) is 4.42 Å². The van der Waals surface area contributed by atoms with E-state index in [1.807, 2.05) is 0 Å². The first-order valence-electron chi connectivity index (χ1n) is 6.02. The first-order valence-corrected chi connectivity index (χ1v) is 6.02. The average molecular weight is 261 g/mol. The molecule has 0 radical (unpaired) electrons. The van der Waals surface area contributed by atoms with E-state index >= 15 is 0 Å². The second kappa shape index (κ2) is 5.99. The Kier molecular flexibility index (Phi) is 4.12. The molecule has 2 aromatic heterocycles. The number of hydrogen-bond donors (Lipinski definition) is 1. The number of nitrogens with one attached hydrogen (secondary N) is 1. The summed E-state index contributed by atoms with van der Waals surface area (Å²) in [5.74, 6) is 0.239. The molecule has 19 heavy (non-hydrogen) atoms. The Labute approximate surface area is 110 Å². The smallest absolute Gasteiger partial charge is 0.273 e. The number of rotatable bonds is 5. The zero-order chi connectivity index (χ0) is 13.7. The fraction of sp³-hybridized carbons (Fsp3) is 0.308. The van der Waals surface area contributed by atoms with Crippen molar-refractivity contribution in [2.45, 2.75) is 19.9 Å². The second-order valence-corrected chi connectivity index (χ2v) is 4.10. The van der Waals surface area contributed by atoms with Gasteiger partial charge in [-0.1, -0.05) is 6.07 Å². The van der Waals surface area contributed by atoms with Gasteiger partial charge in [-0.25, -0.2) is 4.98 Å². The van der Waals surface area contributed by atoms with Crippen molar-refractivity contribution in [3.63, 3.8) is 0 Å². The molecule has 100 valence electrons. The summed E-state index contributed by atoms with van der Waals surface area (Å²) >= 11 is 0. The van der Waals surface area contributed by atoms with Crippen molar-refractivity contribution < 1.29 is 9.21 Å². The number of pyridine rings is 1. The van der Waals surface area contributed by atoms with Crippen LogP contribution in [0.5, 0.6) is 0 Å². The monoisotopic (exact) mass is 261 g/mol. The lowest BCUT2D eigenvalue weighted by Crippen LogP contribution is -2.27. The van der Waals surface area contributed by atoms with Gasteiger partial charge in [-0.05, 0) is 19.4 Å². The van der Waals surface area contributed by atoms with Crippen molar-refractivity contribution >= 4 is 5.91 Å². The Bertz CT molecular complexity index is 615. The lowest BCUT2D eigenvalue weighted by molar-refractivity contribution is 0.0947. The highest BCUT2D eigenvalue weighted by atomic mass is 16.3. The number of oxazole rings is 1. The van der Waals surface area contributed by atoms with E-state index in [9.17, 15) is 9.59 Å².